The summed E-state index contributed by atoms with van der Waals surface area (Å²) in [5, 5.41) is 7.71. The summed E-state index contributed by atoms with van der Waals surface area (Å²) >= 11 is 0. The van der Waals surface area contributed by atoms with Crippen LogP contribution in [0.25, 0.3) is 11.0 Å². The Balaban J connectivity index is 1.82. The summed E-state index contributed by atoms with van der Waals surface area (Å²) in [5.74, 6) is -1.74. The third-order valence-electron chi connectivity index (χ3n) is 3.96. The quantitative estimate of drug-likeness (QED) is 0.783. The van der Waals surface area contributed by atoms with E-state index in [4.69, 9.17) is 0 Å². The first kappa shape index (κ1) is 17.0. The van der Waals surface area contributed by atoms with E-state index in [1.807, 2.05) is 13.8 Å². The SMILES string of the molecule is CC(C)n1ncc2cc(C(=O)N[C@@H](C)c3ccc(F)cc3F)cnc21. The van der Waals surface area contributed by atoms with Crippen molar-refractivity contribution in [1.29, 1.82) is 0 Å². The van der Waals surface area contributed by atoms with Gasteiger partial charge < -0.3 is 5.32 Å². The van der Waals surface area contributed by atoms with Crippen LogP contribution in [0.4, 0.5) is 8.78 Å². The molecule has 0 aliphatic carbocycles. The number of carbonyl (C=O) groups excluding carboxylic acids is 1. The van der Waals surface area contributed by atoms with Crippen LogP contribution in [-0.4, -0.2) is 20.7 Å². The Morgan fingerprint density at radius 1 is 1.16 bits per heavy atom. The Kier molecular flexibility index (Phi) is 4.48. The van der Waals surface area contributed by atoms with Crippen LogP contribution in [0.15, 0.2) is 36.7 Å². The number of carbonyl (C=O) groups is 1. The average Bonchev–Trinajstić information content (AvgIpc) is 2.97. The van der Waals surface area contributed by atoms with E-state index >= 15 is 0 Å². The van der Waals surface area contributed by atoms with Gasteiger partial charge in [0.2, 0.25) is 0 Å². The zero-order valence-corrected chi connectivity index (χ0v) is 14.1. The van der Waals surface area contributed by atoms with Gasteiger partial charge in [0.25, 0.3) is 5.91 Å². The summed E-state index contributed by atoms with van der Waals surface area (Å²) in [6.45, 7) is 5.62. The second-order valence-electron chi connectivity index (χ2n) is 6.18. The van der Waals surface area contributed by atoms with E-state index in [-0.39, 0.29) is 17.5 Å². The van der Waals surface area contributed by atoms with Crippen LogP contribution in [0.3, 0.4) is 0 Å². The van der Waals surface area contributed by atoms with Crippen LogP contribution in [0.5, 0.6) is 0 Å². The van der Waals surface area contributed by atoms with E-state index < -0.39 is 17.7 Å². The number of nitrogens with zero attached hydrogens (tertiary/aromatic N) is 3. The molecular weight excluding hydrogens is 326 g/mol. The van der Waals surface area contributed by atoms with Crippen molar-refractivity contribution < 1.29 is 13.6 Å². The molecule has 0 aliphatic heterocycles. The highest BCUT2D eigenvalue weighted by Gasteiger charge is 2.17. The second kappa shape index (κ2) is 6.58. The zero-order valence-electron chi connectivity index (χ0n) is 14.1. The van der Waals surface area contributed by atoms with Gasteiger partial charge in [-0.25, -0.2) is 18.4 Å². The Bertz CT molecular complexity index is 936. The normalized spacial score (nSPS) is 12.6. The maximum absolute atomic E-state index is 13.8. The number of rotatable bonds is 4. The molecule has 1 N–H and O–H groups in total. The minimum absolute atomic E-state index is 0.158. The van der Waals surface area contributed by atoms with Crippen molar-refractivity contribution >= 4 is 16.9 Å². The largest absolute Gasteiger partial charge is 0.345 e. The first-order chi connectivity index (χ1) is 11.9. The number of pyridine rings is 1. The predicted molar refractivity (Wildman–Crippen MR) is 90.2 cm³/mol. The fourth-order valence-electron chi connectivity index (χ4n) is 2.65. The van der Waals surface area contributed by atoms with E-state index in [1.165, 1.54) is 12.3 Å². The molecule has 0 unspecified atom stereocenters. The van der Waals surface area contributed by atoms with E-state index in [0.717, 1.165) is 17.5 Å². The van der Waals surface area contributed by atoms with Crippen molar-refractivity contribution in [2.45, 2.75) is 32.9 Å². The number of hydrogen-bond acceptors (Lipinski definition) is 3. The number of nitrogens with one attached hydrogen (secondary N) is 1. The molecule has 0 spiro atoms. The molecule has 5 nitrogen and oxygen atoms in total. The maximum atomic E-state index is 13.8. The number of benzene rings is 1. The van der Waals surface area contributed by atoms with Gasteiger partial charge in [-0.2, -0.15) is 5.10 Å². The third-order valence-corrected chi connectivity index (χ3v) is 3.96. The monoisotopic (exact) mass is 344 g/mol. The standard InChI is InChI=1S/C18H18F2N4O/c1-10(2)24-17-12(9-22-24)6-13(8-21-17)18(25)23-11(3)15-5-4-14(19)7-16(15)20/h4-11H,1-3H3,(H,23,25)/t11-/m0/s1. The van der Waals surface area contributed by atoms with Gasteiger partial charge in [-0.05, 0) is 32.9 Å². The van der Waals surface area contributed by atoms with Crippen molar-refractivity contribution in [1.82, 2.24) is 20.1 Å². The Hall–Kier alpha value is -2.83. The van der Waals surface area contributed by atoms with Crippen LogP contribution in [0.2, 0.25) is 0 Å². The lowest BCUT2D eigenvalue weighted by molar-refractivity contribution is 0.0939. The molecule has 2 aromatic heterocycles. The first-order valence-corrected chi connectivity index (χ1v) is 7.96. The molecular formula is C18H18F2N4O. The van der Waals surface area contributed by atoms with Gasteiger partial charge in [-0.15, -0.1) is 0 Å². The first-order valence-electron chi connectivity index (χ1n) is 7.96. The summed E-state index contributed by atoms with van der Waals surface area (Å²) in [6, 6.07) is 4.52. The Morgan fingerprint density at radius 2 is 1.92 bits per heavy atom. The number of hydrogen-bond donors (Lipinski definition) is 1. The minimum Gasteiger partial charge on any atom is -0.345 e. The lowest BCUT2D eigenvalue weighted by Gasteiger charge is -2.15. The molecule has 130 valence electrons. The highest BCUT2D eigenvalue weighted by molar-refractivity contribution is 5.97. The minimum atomic E-state index is -0.695. The molecule has 0 fully saturated rings. The molecule has 0 aliphatic rings. The van der Waals surface area contributed by atoms with Gasteiger partial charge in [-0.3, -0.25) is 4.79 Å². The molecule has 25 heavy (non-hydrogen) atoms. The van der Waals surface area contributed by atoms with Crippen LogP contribution >= 0.6 is 0 Å². The second-order valence-corrected chi connectivity index (χ2v) is 6.18. The Morgan fingerprint density at radius 3 is 2.60 bits per heavy atom. The molecule has 0 bridgehead atoms. The van der Waals surface area contributed by atoms with Gasteiger partial charge in [0.05, 0.1) is 17.8 Å². The van der Waals surface area contributed by atoms with Gasteiger partial charge in [0.1, 0.15) is 11.6 Å². The van der Waals surface area contributed by atoms with Gasteiger partial charge in [0, 0.05) is 29.3 Å². The van der Waals surface area contributed by atoms with Crippen molar-refractivity contribution in [2.24, 2.45) is 0 Å². The topological polar surface area (TPSA) is 59.8 Å². The van der Waals surface area contributed by atoms with Crippen molar-refractivity contribution in [3.63, 3.8) is 0 Å². The molecule has 0 saturated carbocycles. The summed E-state index contributed by atoms with van der Waals surface area (Å²) in [7, 11) is 0. The van der Waals surface area contributed by atoms with Gasteiger partial charge in [0.15, 0.2) is 5.65 Å². The van der Waals surface area contributed by atoms with E-state index in [1.54, 1.807) is 23.9 Å². The molecule has 0 saturated heterocycles. The highest BCUT2D eigenvalue weighted by atomic mass is 19.1. The lowest BCUT2D eigenvalue weighted by atomic mass is 10.1. The number of amides is 1. The maximum Gasteiger partial charge on any atom is 0.253 e. The molecule has 7 heteroatoms. The number of aromatic nitrogens is 3. The summed E-state index contributed by atoms with van der Waals surface area (Å²) in [6.07, 6.45) is 3.12. The summed E-state index contributed by atoms with van der Waals surface area (Å²) < 4.78 is 28.6. The smallest absolute Gasteiger partial charge is 0.253 e. The van der Waals surface area contributed by atoms with Gasteiger partial charge >= 0.3 is 0 Å². The predicted octanol–water partition coefficient (Wildman–Crippen LogP) is 3.78. The van der Waals surface area contributed by atoms with Crippen LogP contribution in [0, 0.1) is 11.6 Å². The van der Waals surface area contributed by atoms with E-state index in [0.29, 0.717) is 11.2 Å². The molecule has 1 amide bonds. The molecule has 3 rings (SSSR count). The fraction of sp³-hybridized carbons (Fsp3) is 0.278. The van der Waals surface area contributed by atoms with E-state index in [2.05, 4.69) is 15.4 Å². The lowest BCUT2D eigenvalue weighted by Crippen LogP contribution is -2.27. The van der Waals surface area contributed by atoms with Crippen LogP contribution in [-0.2, 0) is 0 Å². The molecule has 1 aromatic carbocycles. The van der Waals surface area contributed by atoms with E-state index in [9.17, 15) is 13.6 Å². The molecule has 1 atom stereocenters. The number of halogens is 2. The van der Waals surface area contributed by atoms with Crippen LogP contribution in [0.1, 0.15) is 48.8 Å². The highest BCUT2D eigenvalue weighted by Crippen LogP contribution is 2.20. The van der Waals surface area contributed by atoms with Crippen molar-refractivity contribution in [3.05, 3.63) is 59.4 Å². The average molecular weight is 344 g/mol. The zero-order chi connectivity index (χ0) is 18.1. The van der Waals surface area contributed by atoms with Crippen molar-refractivity contribution in [3.8, 4) is 0 Å². The molecule has 2 heterocycles. The number of fused-ring (bicyclic) bond motifs is 1. The fourth-order valence-corrected chi connectivity index (χ4v) is 2.65. The molecule has 0 radical (unpaired) electrons. The Labute approximate surface area is 143 Å². The van der Waals surface area contributed by atoms with Crippen molar-refractivity contribution in [2.75, 3.05) is 0 Å². The third kappa shape index (κ3) is 3.35. The molecule has 3 aromatic rings. The van der Waals surface area contributed by atoms with Crippen LogP contribution < -0.4 is 5.32 Å². The van der Waals surface area contributed by atoms with Gasteiger partial charge in [-0.1, -0.05) is 6.07 Å². The summed E-state index contributed by atoms with van der Waals surface area (Å²) in [5.41, 5.74) is 1.27. The summed E-state index contributed by atoms with van der Waals surface area (Å²) in [4.78, 5) is 16.7.